The van der Waals surface area contributed by atoms with Crippen molar-refractivity contribution in [1.82, 2.24) is 0 Å². The maximum Gasteiger partial charge on any atom is 0.269 e. The van der Waals surface area contributed by atoms with Gasteiger partial charge in [-0.1, -0.05) is 0 Å². The Labute approximate surface area is 127 Å². The number of benzene rings is 1. The van der Waals surface area contributed by atoms with Crippen LogP contribution >= 0.6 is 0 Å². The first kappa shape index (κ1) is 14.3. The van der Waals surface area contributed by atoms with Gasteiger partial charge in [0.05, 0.1) is 30.0 Å². The van der Waals surface area contributed by atoms with Crippen LogP contribution in [0.25, 0.3) is 0 Å². The molecule has 0 bridgehead atoms. The Balaban J connectivity index is 1.67. The summed E-state index contributed by atoms with van der Waals surface area (Å²) in [4.78, 5) is 16.5. The van der Waals surface area contributed by atoms with Crippen molar-refractivity contribution in [2.24, 2.45) is 4.99 Å². The highest BCUT2D eigenvalue weighted by atomic mass is 16.6. The first-order valence-corrected chi connectivity index (χ1v) is 6.93. The summed E-state index contributed by atoms with van der Waals surface area (Å²) in [6, 6.07) is 9.80. The first-order valence-electron chi connectivity index (χ1n) is 6.93. The monoisotopic (exact) mass is 301 g/mol. The van der Waals surface area contributed by atoms with Gasteiger partial charge in [-0.25, -0.2) is 0 Å². The number of non-ortho nitro benzene ring substituents is 1. The fraction of sp³-hybridized carbons (Fsp3) is 0.267. The molecular formula is C15H15N3O4. The number of aliphatic imine (C=N–C) groups is 1. The van der Waals surface area contributed by atoms with Crippen molar-refractivity contribution in [3.63, 3.8) is 0 Å². The third-order valence-corrected chi connectivity index (χ3v) is 3.34. The second-order valence-corrected chi connectivity index (χ2v) is 4.81. The van der Waals surface area contributed by atoms with Crippen molar-refractivity contribution in [2.75, 3.05) is 31.2 Å². The van der Waals surface area contributed by atoms with Gasteiger partial charge in [0.1, 0.15) is 5.76 Å². The summed E-state index contributed by atoms with van der Waals surface area (Å²) in [5, 5.41) is 10.6. The van der Waals surface area contributed by atoms with Crippen LogP contribution in [-0.4, -0.2) is 37.4 Å². The molecule has 0 amide bonds. The minimum atomic E-state index is -0.436. The van der Waals surface area contributed by atoms with Crippen LogP contribution in [0.15, 0.2) is 45.8 Å². The molecule has 0 aliphatic carbocycles. The molecule has 7 nitrogen and oxygen atoms in total. The van der Waals surface area contributed by atoms with Gasteiger partial charge in [-0.2, -0.15) is 0 Å². The number of hydrogen-bond donors (Lipinski definition) is 0. The molecule has 0 saturated carbocycles. The van der Waals surface area contributed by atoms with Gasteiger partial charge in [0.15, 0.2) is 5.88 Å². The SMILES string of the molecule is O=[N+]([O-])c1ccc(N=Cc2ccc(N3CCOCC3)o2)cc1. The number of nitrogens with zero attached hydrogens (tertiary/aromatic N) is 3. The maximum atomic E-state index is 10.6. The van der Waals surface area contributed by atoms with Crippen LogP contribution in [0.5, 0.6) is 0 Å². The van der Waals surface area contributed by atoms with Gasteiger partial charge in [0.2, 0.25) is 0 Å². The first-order chi connectivity index (χ1) is 10.7. The Bertz CT molecular complexity index is 672. The van der Waals surface area contributed by atoms with Gasteiger partial charge in [0, 0.05) is 31.3 Å². The Morgan fingerprint density at radius 3 is 2.55 bits per heavy atom. The Kier molecular flexibility index (Phi) is 4.15. The lowest BCUT2D eigenvalue weighted by Gasteiger charge is -2.26. The van der Waals surface area contributed by atoms with E-state index in [2.05, 4.69) is 9.89 Å². The highest BCUT2D eigenvalue weighted by molar-refractivity contribution is 5.79. The van der Waals surface area contributed by atoms with Crippen LogP contribution in [0.1, 0.15) is 5.76 Å². The van der Waals surface area contributed by atoms with Gasteiger partial charge < -0.3 is 14.1 Å². The molecule has 2 aromatic rings. The van der Waals surface area contributed by atoms with Crippen molar-refractivity contribution in [3.05, 3.63) is 52.3 Å². The zero-order valence-corrected chi connectivity index (χ0v) is 11.8. The molecule has 114 valence electrons. The molecule has 0 unspecified atom stereocenters. The molecule has 7 heteroatoms. The number of nitro groups is 1. The summed E-state index contributed by atoms with van der Waals surface area (Å²) in [6.07, 6.45) is 1.60. The van der Waals surface area contributed by atoms with E-state index in [0.717, 1.165) is 19.0 Å². The van der Waals surface area contributed by atoms with Crippen molar-refractivity contribution in [1.29, 1.82) is 0 Å². The highest BCUT2D eigenvalue weighted by Gasteiger charge is 2.14. The topological polar surface area (TPSA) is 81.1 Å². The standard InChI is InChI=1S/C15H15N3O4/c19-18(20)13-3-1-12(2-4-13)16-11-14-5-6-15(22-14)17-7-9-21-10-8-17/h1-6,11H,7-10H2. The summed E-state index contributed by atoms with van der Waals surface area (Å²) in [5.74, 6) is 1.44. The number of ether oxygens (including phenoxy) is 1. The fourth-order valence-corrected chi connectivity index (χ4v) is 2.16. The van der Waals surface area contributed by atoms with Gasteiger partial charge in [-0.3, -0.25) is 15.1 Å². The number of nitro benzene ring substituents is 1. The fourth-order valence-electron chi connectivity index (χ4n) is 2.16. The van der Waals surface area contributed by atoms with Crippen LogP contribution in [0.2, 0.25) is 0 Å². The molecule has 1 aromatic carbocycles. The van der Waals surface area contributed by atoms with Crippen LogP contribution < -0.4 is 4.90 Å². The van der Waals surface area contributed by atoms with Gasteiger partial charge in [0.25, 0.3) is 5.69 Å². The minimum absolute atomic E-state index is 0.0477. The molecule has 22 heavy (non-hydrogen) atoms. The molecule has 0 atom stereocenters. The molecule has 3 rings (SSSR count). The zero-order chi connectivity index (χ0) is 15.4. The number of anilines is 1. The Morgan fingerprint density at radius 1 is 1.14 bits per heavy atom. The zero-order valence-electron chi connectivity index (χ0n) is 11.8. The summed E-state index contributed by atoms with van der Waals surface area (Å²) in [5.41, 5.74) is 0.682. The van der Waals surface area contributed by atoms with Crippen LogP contribution in [0, 0.1) is 10.1 Å². The lowest BCUT2D eigenvalue weighted by Crippen LogP contribution is -2.35. The largest absolute Gasteiger partial charge is 0.440 e. The second-order valence-electron chi connectivity index (χ2n) is 4.81. The molecule has 0 N–H and O–H groups in total. The Morgan fingerprint density at radius 2 is 1.86 bits per heavy atom. The van der Waals surface area contributed by atoms with Crippen molar-refractivity contribution in [2.45, 2.75) is 0 Å². The summed E-state index contributed by atoms with van der Waals surface area (Å²) >= 11 is 0. The quantitative estimate of drug-likeness (QED) is 0.493. The number of hydrogen-bond acceptors (Lipinski definition) is 6. The van der Waals surface area contributed by atoms with Crippen LogP contribution in [-0.2, 0) is 4.74 Å². The van der Waals surface area contributed by atoms with E-state index in [4.69, 9.17) is 9.15 Å². The third kappa shape index (κ3) is 3.32. The Hall–Kier alpha value is -2.67. The molecule has 2 heterocycles. The molecule has 0 spiro atoms. The van der Waals surface area contributed by atoms with E-state index in [9.17, 15) is 10.1 Å². The second kappa shape index (κ2) is 6.40. The van der Waals surface area contributed by atoms with E-state index in [1.807, 2.05) is 12.1 Å². The van der Waals surface area contributed by atoms with E-state index in [1.165, 1.54) is 12.1 Å². The van der Waals surface area contributed by atoms with Crippen LogP contribution in [0.3, 0.4) is 0 Å². The maximum absolute atomic E-state index is 10.6. The lowest BCUT2D eigenvalue weighted by molar-refractivity contribution is -0.384. The van der Waals surface area contributed by atoms with E-state index in [-0.39, 0.29) is 5.69 Å². The van der Waals surface area contributed by atoms with E-state index in [0.29, 0.717) is 24.7 Å². The smallest absolute Gasteiger partial charge is 0.269 e. The summed E-state index contributed by atoms with van der Waals surface area (Å²) < 4.78 is 11.0. The predicted molar refractivity (Wildman–Crippen MR) is 82.1 cm³/mol. The molecule has 1 aliphatic rings. The molecule has 1 saturated heterocycles. The lowest BCUT2D eigenvalue weighted by atomic mass is 10.3. The van der Waals surface area contributed by atoms with Crippen molar-refractivity contribution in [3.8, 4) is 0 Å². The van der Waals surface area contributed by atoms with Crippen molar-refractivity contribution < 1.29 is 14.1 Å². The van der Waals surface area contributed by atoms with Crippen LogP contribution in [0.4, 0.5) is 17.3 Å². The molecular weight excluding hydrogens is 286 g/mol. The number of rotatable bonds is 4. The average molecular weight is 301 g/mol. The van der Waals surface area contributed by atoms with Gasteiger partial charge >= 0.3 is 0 Å². The van der Waals surface area contributed by atoms with Gasteiger partial charge in [-0.05, 0) is 18.2 Å². The normalized spacial score (nSPS) is 15.4. The number of morpholine rings is 1. The molecule has 1 fully saturated rings. The number of furan rings is 1. The predicted octanol–water partition coefficient (Wildman–Crippen LogP) is 2.78. The van der Waals surface area contributed by atoms with E-state index in [1.54, 1.807) is 18.3 Å². The summed E-state index contributed by atoms with van der Waals surface area (Å²) in [7, 11) is 0. The molecule has 0 radical (unpaired) electrons. The minimum Gasteiger partial charge on any atom is -0.440 e. The van der Waals surface area contributed by atoms with Gasteiger partial charge in [-0.15, -0.1) is 0 Å². The summed E-state index contributed by atoms with van der Waals surface area (Å²) in [6.45, 7) is 3.03. The molecule has 1 aliphatic heterocycles. The van der Waals surface area contributed by atoms with E-state index >= 15 is 0 Å². The van der Waals surface area contributed by atoms with Crippen molar-refractivity contribution >= 4 is 23.5 Å². The highest BCUT2D eigenvalue weighted by Crippen LogP contribution is 2.20. The molecule has 1 aromatic heterocycles. The third-order valence-electron chi connectivity index (χ3n) is 3.34. The average Bonchev–Trinajstić information content (AvgIpc) is 3.03. The van der Waals surface area contributed by atoms with E-state index < -0.39 is 4.92 Å².